The fourth-order valence-electron chi connectivity index (χ4n) is 3.11. The maximum atomic E-state index is 5.93. The van der Waals surface area contributed by atoms with Crippen LogP contribution in [0.1, 0.15) is 39.0 Å². The van der Waals surface area contributed by atoms with Crippen LogP contribution < -0.4 is 5.73 Å². The third kappa shape index (κ3) is 4.19. The highest BCUT2D eigenvalue weighted by molar-refractivity contribution is 4.84. The lowest BCUT2D eigenvalue weighted by Crippen LogP contribution is -2.49. The zero-order valence-corrected chi connectivity index (χ0v) is 12.4. The number of nitrogens with two attached hydrogens (primary N) is 1. The SMILES string of the molecule is COC(CC(CN)N(C)C1CCCCC1C)OC. The van der Waals surface area contributed by atoms with E-state index in [1.54, 1.807) is 14.2 Å². The molecule has 0 amide bonds. The Morgan fingerprint density at radius 1 is 1.22 bits per heavy atom. The Labute approximate surface area is 112 Å². The van der Waals surface area contributed by atoms with E-state index in [9.17, 15) is 0 Å². The number of hydrogen-bond acceptors (Lipinski definition) is 4. The number of nitrogens with zero attached hydrogens (tertiary/aromatic N) is 1. The van der Waals surface area contributed by atoms with Gasteiger partial charge < -0.3 is 15.2 Å². The molecule has 0 aromatic heterocycles. The number of hydrogen-bond donors (Lipinski definition) is 1. The molecule has 3 atom stereocenters. The Morgan fingerprint density at radius 3 is 2.33 bits per heavy atom. The van der Waals surface area contributed by atoms with E-state index in [0.29, 0.717) is 18.6 Å². The molecule has 4 nitrogen and oxygen atoms in total. The second kappa shape index (κ2) is 8.10. The Hall–Kier alpha value is -0.160. The minimum atomic E-state index is -0.153. The van der Waals surface area contributed by atoms with Crippen molar-refractivity contribution in [3.05, 3.63) is 0 Å². The molecule has 1 aliphatic rings. The van der Waals surface area contributed by atoms with Gasteiger partial charge in [0.05, 0.1) is 0 Å². The third-order valence-electron chi connectivity index (χ3n) is 4.43. The fourth-order valence-corrected chi connectivity index (χ4v) is 3.11. The smallest absolute Gasteiger partial charge is 0.158 e. The molecule has 0 radical (unpaired) electrons. The van der Waals surface area contributed by atoms with Gasteiger partial charge in [-0.3, -0.25) is 4.90 Å². The molecule has 0 aromatic carbocycles. The minimum Gasteiger partial charge on any atom is -0.356 e. The molecular weight excluding hydrogens is 228 g/mol. The van der Waals surface area contributed by atoms with Crippen molar-refractivity contribution >= 4 is 0 Å². The highest BCUT2D eigenvalue weighted by atomic mass is 16.7. The summed E-state index contributed by atoms with van der Waals surface area (Å²) in [6.45, 7) is 3.01. The molecular formula is C14H30N2O2. The van der Waals surface area contributed by atoms with E-state index in [4.69, 9.17) is 15.2 Å². The van der Waals surface area contributed by atoms with E-state index in [2.05, 4.69) is 18.9 Å². The van der Waals surface area contributed by atoms with Crippen molar-refractivity contribution in [2.45, 2.75) is 57.4 Å². The lowest BCUT2D eigenvalue weighted by molar-refractivity contribution is -0.118. The van der Waals surface area contributed by atoms with Gasteiger partial charge in [-0.1, -0.05) is 19.8 Å². The van der Waals surface area contributed by atoms with E-state index in [1.165, 1.54) is 25.7 Å². The topological polar surface area (TPSA) is 47.7 Å². The summed E-state index contributed by atoms with van der Waals surface area (Å²) in [7, 11) is 5.57. The Balaban J connectivity index is 2.56. The summed E-state index contributed by atoms with van der Waals surface area (Å²) in [5, 5.41) is 0. The van der Waals surface area contributed by atoms with Gasteiger partial charge in [-0.15, -0.1) is 0 Å². The van der Waals surface area contributed by atoms with Crippen LogP contribution in [-0.4, -0.2) is 51.1 Å². The van der Waals surface area contributed by atoms with Gasteiger partial charge in [0.2, 0.25) is 0 Å². The van der Waals surface area contributed by atoms with Crippen LogP contribution in [0.3, 0.4) is 0 Å². The molecule has 0 aliphatic heterocycles. The monoisotopic (exact) mass is 258 g/mol. The molecule has 108 valence electrons. The predicted octanol–water partition coefficient (Wildman–Crippen LogP) is 1.83. The van der Waals surface area contributed by atoms with Gasteiger partial charge in [-0.2, -0.15) is 0 Å². The lowest BCUT2D eigenvalue weighted by Gasteiger charge is -2.41. The first-order valence-electron chi connectivity index (χ1n) is 7.11. The van der Waals surface area contributed by atoms with E-state index in [0.717, 1.165) is 12.3 Å². The summed E-state index contributed by atoms with van der Waals surface area (Å²) < 4.78 is 10.6. The standard InChI is InChI=1S/C14H30N2O2/c1-11-7-5-6-8-13(11)16(2)12(10-15)9-14(17-3)18-4/h11-14H,5-10,15H2,1-4H3. The van der Waals surface area contributed by atoms with Crippen LogP contribution in [0, 0.1) is 5.92 Å². The molecule has 1 fully saturated rings. The molecule has 18 heavy (non-hydrogen) atoms. The number of likely N-dealkylation sites (N-methyl/N-ethyl adjacent to an activating group) is 1. The summed E-state index contributed by atoms with van der Waals surface area (Å²) in [6, 6.07) is 0.988. The van der Waals surface area contributed by atoms with Gasteiger partial charge in [-0.25, -0.2) is 0 Å². The second-order valence-electron chi connectivity index (χ2n) is 5.52. The molecule has 2 N–H and O–H groups in total. The number of rotatable bonds is 7. The third-order valence-corrected chi connectivity index (χ3v) is 4.43. The van der Waals surface area contributed by atoms with Crippen LogP contribution in [0.2, 0.25) is 0 Å². The Bertz CT molecular complexity index is 222. The van der Waals surface area contributed by atoms with Gasteiger partial charge in [0.15, 0.2) is 6.29 Å². The molecule has 3 unspecified atom stereocenters. The lowest BCUT2D eigenvalue weighted by atomic mass is 9.84. The molecule has 0 aromatic rings. The minimum absolute atomic E-state index is 0.153. The van der Waals surface area contributed by atoms with Gasteiger partial charge in [0.25, 0.3) is 0 Å². The molecule has 0 bridgehead atoms. The zero-order valence-electron chi connectivity index (χ0n) is 12.4. The van der Waals surface area contributed by atoms with Gasteiger partial charge in [0.1, 0.15) is 0 Å². The van der Waals surface area contributed by atoms with Gasteiger partial charge >= 0.3 is 0 Å². The molecule has 0 saturated heterocycles. The maximum Gasteiger partial charge on any atom is 0.158 e. The van der Waals surface area contributed by atoms with Gasteiger partial charge in [-0.05, 0) is 25.8 Å². The summed E-state index contributed by atoms with van der Waals surface area (Å²) in [5.74, 6) is 0.765. The van der Waals surface area contributed by atoms with Crippen molar-refractivity contribution < 1.29 is 9.47 Å². The van der Waals surface area contributed by atoms with Crippen LogP contribution in [0.25, 0.3) is 0 Å². The van der Waals surface area contributed by atoms with Crippen LogP contribution in [0.4, 0.5) is 0 Å². The average molecular weight is 258 g/mol. The molecule has 1 aliphatic carbocycles. The first kappa shape index (κ1) is 15.9. The van der Waals surface area contributed by atoms with Crippen LogP contribution in [0.15, 0.2) is 0 Å². The van der Waals surface area contributed by atoms with E-state index in [-0.39, 0.29) is 6.29 Å². The highest BCUT2D eigenvalue weighted by Crippen LogP contribution is 2.29. The normalized spacial score (nSPS) is 26.8. The van der Waals surface area contributed by atoms with Crippen molar-refractivity contribution in [1.29, 1.82) is 0 Å². The summed E-state index contributed by atoms with van der Waals surface area (Å²) in [5.41, 5.74) is 5.93. The van der Waals surface area contributed by atoms with Crippen LogP contribution >= 0.6 is 0 Å². The highest BCUT2D eigenvalue weighted by Gasteiger charge is 2.29. The van der Waals surface area contributed by atoms with Crippen molar-refractivity contribution in [2.24, 2.45) is 11.7 Å². The second-order valence-corrected chi connectivity index (χ2v) is 5.52. The maximum absolute atomic E-state index is 5.93. The van der Waals surface area contributed by atoms with Crippen molar-refractivity contribution in [1.82, 2.24) is 4.90 Å². The fraction of sp³-hybridized carbons (Fsp3) is 1.00. The van der Waals surface area contributed by atoms with E-state index in [1.807, 2.05) is 0 Å². The predicted molar refractivity (Wildman–Crippen MR) is 74.4 cm³/mol. The Kier molecular flexibility index (Phi) is 7.15. The van der Waals surface area contributed by atoms with Crippen molar-refractivity contribution in [2.75, 3.05) is 27.8 Å². The molecule has 1 rings (SSSR count). The summed E-state index contributed by atoms with van der Waals surface area (Å²) in [4.78, 5) is 2.45. The molecule has 0 heterocycles. The van der Waals surface area contributed by atoms with Crippen molar-refractivity contribution in [3.63, 3.8) is 0 Å². The summed E-state index contributed by atoms with van der Waals surface area (Å²) in [6.07, 6.45) is 6.03. The van der Waals surface area contributed by atoms with Crippen molar-refractivity contribution in [3.8, 4) is 0 Å². The van der Waals surface area contributed by atoms with E-state index < -0.39 is 0 Å². The first-order valence-corrected chi connectivity index (χ1v) is 7.11. The van der Waals surface area contributed by atoms with Crippen LogP contribution in [-0.2, 0) is 9.47 Å². The Morgan fingerprint density at radius 2 is 1.83 bits per heavy atom. The quantitative estimate of drug-likeness (QED) is 0.708. The summed E-state index contributed by atoms with van der Waals surface area (Å²) >= 11 is 0. The largest absolute Gasteiger partial charge is 0.356 e. The zero-order chi connectivity index (χ0) is 13.5. The van der Waals surface area contributed by atoms with Gasteiger partial charge in [0, 0.05) is 39.3 Å². The number of ether oxygens (including phenoxy) is 2. The van der Waals surface area contributed by atoms with Crippen LogP contribution in [0.5, 0.6) is 0 Å². The number of methoxy groups -OCH3 is 2. The van der Waals surface area contributed by atoms with E-state index >= 15 is 0 Å². The molecule has 4 heteroatoms. The molecule has 1 saturated carbocycles. The average Bonchev–Trinajstić information content (AvgIpc) is 2.40. The first-order chi connectivity index (χ1) is 8.63. The molecule has 0 spiro atoms.